The summed E-state index contributed by atoms with van der Waals surface area (Å²) in [6.45, 7) is 12.1. The maximum atomic E-state index is 5.42. The number of hydrogen-bond acceptors (Lipinski definition) is 3. The second kappa shape index (κ2) is 9.89. The first-order valence-electron chi connectivity index (χ1n) is 10.2. The van der Waals surface area contributed by atoms with Gasteiger partial charge in [-0.15, -0.1) is 0 Å². The molecule has 1 fully saturated rings. The van der Waals surface area contributed by atoms with Crippen LogP contribution in [0.25, 0.3) is 10.8 Å². The van der Waals surface area contributed by atoms with Crippen molar-refractivity contribution in [3.63, 3.8) is 0 Å². The van der Waals surface area contributed by atoms with Gasteiger partial charge in [-0.1, -0.05) is 60.4 Å². The predicted molar refractivity (Wildman–Crippen MR) is 118 cm³/mol. The molecule has 1 heterocycles. The Labute approximate surface area is 169 Å². The topological polar surface area (TPSA) is 24.5 Å². The Bertz CT molecular complexity index is 848. The van der Waals surface area contributed by atoms with Gasteiger partial charge >= 0.3 is 0 Å². The molecule has 28 heavy (non-hydrogen) atoms. The number of hydrogen-bond donors (Lipinski definition) is 1. The number of benzene rings is 2. The highest BCUT2D eigenvalue weighted by Gasteiger charge is 2.20. The van der Waals surface area contributed by atoms with Crippen molar-refractivity contribution in [3.8, 4) is 11.8 Å². The molecule has 1 saturated heterocycles. The molecule has 0 aromatic heterocycles. The van der Waals surface area contributed by atoms with E-state index >= 15 is 0 Å². The molecule has 1 aliphatic rings. The number of allylic oxidation sites excluding steroid dienone is 1. The van der Waals surface area contributed by atoms with Gasteiger partial charge in [-0.25, -0.2) is 0 Å². The van der Waals surface area contributed by atoms with Gasteiger partial charge in [0.05, 0.1) is 13.2 Å². The van der Waals surface area contributed by atoms with Crippen molar-refractivity contribution >= 4 is 10.8 Å². The lowest BCUT2D eigenvalue weighted by molar-refractivity contribution is 0.0277. The highest BCUT2D eigenvalue weighted by molar-refractivity contribution is 5.86. The van der Waals surface area contributed by atoms with Crippen molar-refractivity contribution in [2.45, 2.75) is 26.8 Å². The lowest BCUT2D eigenvalue weighted by Crippen LogP contribution is -2.41. The van der Waals surface area contributed by atoms with Crippen LogP contribution in [0.15, 0.2) is 54.6 Å². The summed E-state index contributed by atoms with van der Waals surface area (Å²) in [5.74, 6) is 6.63. The SMILES string of the molecule is C[C@@H](NCC=CC#CC(C)(C)CN1CCOCC1)c1cccc2ccccc12. The molecule has 0 unspecified atom stereocenters. The van der Waals surface area contributed by atoms with E-state index in [0.717, 1.165) is 39.4 Å². The van der Waals surface area contributed by atoms with Gasteiger partial charge in [0.2, 0.25) is 0 Å². The van der Waals surface area contributed by atoms with E-state index in [0.29, 0.717) is 6.04 Å². The van der Waals surface area contributed by atoms with Crippen molar-refractivity contribution in [1.82, 2.24) is 10.2 Å². The molecule has 3 rings (SSSR count). The van der Waals surface area contributed by atoms with Crippen LogP contribution < -0.4 is 5.32 Å². The van der Waals surface area contributed by atoms with E-state index in [4.69, 9.17) is 4.74 Å². The fraction of sp³-hybridized carbons (Fsp3) is 0.440. The van der Waals surface area contributed by atoms with Crippen molar-refractivity contribution in [2.24, 2.45) is 5.41 Å². The molecule has 0 saturated carbocycles. The molecule has 1 N–H and O–H groups in total. The molecule has 2 aromatic rings. The minimum Gasteiger partial charge on any atom is -0.379 e. The zero-order chi connectivity index (χ0) is 19.8. The van der Waals surface area contributed by atoms with Crippen molar-refractivity contribution in [2.75, 3.05) is 39.4 Å². The van der Waals surface area contributed by atoms with E-state index in [1.165, 1.54) is 16.3 Å². The van der Waals surface area contributed by atoms with E-state index in [-0.39, 0.29) is 5.41 Å². The third-order valence-electron chi connectivity index (χ3n) is 5.17. The van der Waals surface area contributed by atoms with Gasteiger partial charge in [-0.05, 0) is 43.2 Å². The van der Waals surface area contributed by atoms with Crippen LogP contribution in [0.3, 0.4) is 0 Å². The number of fused-ring (bicyclic) bond motifs is 1. The van der Waals surface area contributed by atoms with Crippen LogP contribution in [-0.4, -0.2) is 44.3 Å². The molecule has 0 radical (unpaired) electrons. The molecule has 1 aliphatic heterocycles. The molecule has 3 heteroatoms. The van der Waals surface area contributed by atoms with Crippen LogP contribution in [0.5, 0.6) is 0 Å². The van der Waals surface area contributed by atoms with Gasteiger partial charge in [-0.3, -0.25) is 4.90 Å². The third kappa shape index (κ3) is 5.94. The first-order valence-corrected chi connectivity index (χ1v) is 10.2. The summed E-state index contributed by atoms with van der Waals surface area (Å²) in [6, 6.07) is 15.4. The molecule has 148 valence electrons. The summed E-state index contributed by atoms with van der Waals surface area (Å²) in [7, 11) is 0. The van der Waals surface area contributed by atoms with E-state index in [1.807, 2.05) is 6.08 Å². The smallest absolute Gasteiger partial charge is 0.0594 e. The second-order valence-electron chi connectivity index (χ2n) is 8.14. The Hall–Kier alpha value is -2.12. The summed E-state index contributed by atoms with van der Waals surface area (Å²) >= 11 is 0. The Balaban J connectivity index is 1.49. The molecule has 2 aromatic carbocycles. The van der Waals surface area contributed by atoms with Crippen LogP contribution in [0.4, 0.5) is 0 Å². The van der Waals surface area contributed by atoms with Gasteiger partial charge in [0.1, 0.15) is 0 Å². The average Bonchev–Trinajstić information content (AvgIpc) is 2.70. The number of nitrogens with zero attached hydrogens (tertiary/aromatic N) is 1. The maximum Gasteiger partial charge on any atom is 0.0594 e. The third-order valence-corrected chi connectivity index (χ3v) is 5.17. The molecular formula is C25H32N2O. The van der Waals surface area contributed by atoms with Gasteiger partial charge < -0.3 is 10.1 Å². The lowest BCUT2D eigenvalue weighted by Gasteiger charge is -2.31. The lowest BCUT2D eigenvalue weighted by atomic mass is 9.93. The summed E-state index contributed by atoms with van der Waals surface area (Å²) in [6.07, 6.45) is 4.09. The fourth-order valence-electron chi connectivity index (χ4n) is 3.70. The average molecular weight is 377 g/mol. The van der Waals surface area contributed by atoms with Crippen LogP contribution in [-0.2, 0) is 4.74 Å². The zero-order valence-corrected chi connectivity index (χ0v) is 17.4. The molecule has 1 atom stereocenters. The largest absolute Gasteiger partial charge is 0.379 e. The molecular weight excluding hydrogens is 344 g/mol. The summed E-state index contributed by atoms with van der Waals surface area (Å²) in [4.78, 5) is 2.44. The fourth-order valence-corrected chi connectivity index (χ4v) is 3.70. The van der Waals surface area contributed by atoms with E-state index in [1.54, 1.807) is 0 Å². The first kappa shape index (κ1) is 20.6. The van der Waals surface area contributed by atoms with E-state index < -0.39 is 0 Å². The summed E-state index contributed by atoms with van der Waals surface area (Å²) in [5.41, 5.74) is 1.33. The normalized spacial score (nSPS) is 16.8. The van der Waals surface area contributed by atoms with E-state index in [9.17, 15) is 0 Å². The van der Waals surface area contributed by atoms with Gasteiger partial charge in [0, 0.05) is 37.6 Å². The van der Waals surface area contributed by atoms with Gasteiger partial charge in [0.25, 0.3) is 0 Å². The number of rotatable bonds is 6. The van der Waals surface area contributed by atoms with Crippen LogP contribution in [0, 0.1) is 17.3 Å². The quantitative estimate of drug-likeness (QED) is 0.756. The predicted octanol–water partition coefficient (Wildman–Crippen LogP) is 4.41. The van der Waals surface area contributed by atoms with E-state index in [2.05, 4.69) is 91.4 Å². The Morgan fingerprint density at radius 2 is 1.89 bits per heavy atom. The van der Waals surface area contributed by atoms with Gasteiger partial charge in [-0.2, -0.15) is 0 Å². The summed E-state index contributed by atoms with van der Waals surface area (Å²) in [5, 5.41) is 6.19. The first-order chi connectivity index (χ1) is 13.6. The van der Waals surface area contributed by atoms with Crippen LogP contribution >= 0.6 is 0 Å². The standard InChI is InChI=1S/C25H32N2O/c1-21(23-13-9-11-22-10-5-6-12-24(22)23)26-15-8-4-7-14-25(2,3)20-27-16-18-28-19-17-27/h4-6,8-13,21,26H,15-20H2,1-3H3/t21-/m1/s1. The second-order valence-corrected chi connectivity index (χ2v) is 8.14. The Kier molecular flexibility index (Phi) is 7.28. The minimum atomic E-state index is -0.00858. The highest BCUT2D eigenvalue weighted by Crippen LogP contribution is 2.23. The highest BCUT2D eigenvalue weighted by atomic mass is 16.5. The van der Waals surface area contributed by atoms with Crippen LogP contribution in [0.1, 0.15) is 32.4 Å². The molecule has 3 nitrogen and oxygen atoms in total. The molecule has 0 amide bonds. The van der Waals surface area contributed by atoms with Crippen molar-refractivity contribution in [1.29, 1.82) is 0 Å². The summed E-state index contributed by atoms with van der Waals surface area (Å²) < 4.78 is 5.42. The van der Waals surface area contributed by atoms with Crippen molar-refractivity contribution in [3.05, 3.63) is 60.2 Å². The molecule has 0 spiro atoms. The number of nitrogens with one attached hydrogen (secondary N) is 1. The minimum absolute atomic E-state index is 0.00858. The van der Waals surface area contributed by atoms with Crippen molar-refractivity contribution < 1.29 is 4.74 Å². The molecule has 0 bridgehead atoms. The number of ether oxygens (including phenoxy) is 1. The molecule has 0 aliphatic carbocycles. The zero-order valence-electron chi connectivity index (χ0n) is 17.4. The number of morpholine rings is 1. The Morgan fingerprint density at radius 1 is 1.14 bits per heavy atom. The monoisotopic (exact) mass is 376 g/mol. The van der Waals surface area contributed by atoms with Gasteiger partial charge in [0.15, 0.2) is 0 Å². The maximum absolute atomic E-state index is 5.42. The Morgan fingerprint density at radius 3 is 2.71 bits per heavy atom. The van der Waals surface area contributed by atoms with Crippen LogP contribution in [0.2, 0.25) is 0 Å².